The van der Waals surface area contributed by atoms with Crippen molar-refractivity contribution in [2.45, 2.75) is 52.7 Å². The molecule has 0 atom stereocenters. The van der Waals surface area contributed by atoms with Crippen LogP contribution >= 0.6 is 0 Å². The molecule has 2 N–H and O–H groups in total. The van der Waals surface area contributed by atoms with E-state index in [1.165, 1.54) is 22.2 Å². The smallest absolute Gasteiger partial charge is 0.130 e. The Hall–Kier alpha value is -4.58. The third-order valence-corrected chi connectivity index (χ3v) is 6.71. The van der Waals surface area contributed by atoms with Crippen molar-refractivity contribution in [2.24, 2.45) is 0 Å². The Labute approximate surface area is 235 Å². The van der Waals surface area contributed by atoms with Gasteiger partial charge in [-0.05, 0) is 77.2 Å². The fourth-order valence-corrected chi connectivity index (χ4v) is 4.35. The van der Waals surface area contributed by atoms with Gasteiger partial charge in [-0.3, -0.25) is 9.97 Å². The number of rotatable bonds is 8. The van der Waals surface area contributed by atoms with Gasteiger partial charge in [-0.15, -0.1) is 0 Å². The van der Waals surface area contributed by atoms with E-state index < -0.39 is 0 Å². The topological polar surface area (TPSA) is 75.8 Å². The molecule has 0 aliphatic heterocycles. The van der Waals surface area contributed by atoms with E-state index in [0.717, 1.165) is 33.8 Å². The Morgan fingerprint density at radius 1 is 0.650 bits per heavy atom. The minimum atomic E-state index is 0.490. The quantitative estimate of drug-likeness (QED) is 0.206. The maximum atomic E-state index is 5.81. The molecule has 0 saturated heterocycles. The second-order valence-electron chi connectivity index (χ2n) is 10.5. The first-order valence-corrected chi connectivity index (χ1v) is 13.7. The molecule has 0 fully saturated rings. The van der Waals surface area contributed by atoms with Gasteiger partial charge in [-0.25, -0.2) is 0 Å². The van der Waals surface area contributed by atoms with Crippen molar-refractivity contribution in [1.82, 2.24) is 19.9 Å². The van der Waals surface area contributed by atoms with E-state index in [9.17, 15) is 0 Å². The Kier molecular flexibility index (Phi) is 8.45. The predicted molar refractivity (Wildman–Crippen MR) is 162 cm³/mol. The van der Waals surface area contributed by atoms with E-state index in [4.69, 9.17) is 9.47 Å². The summed E-state index contributed by atoms with van der Waals surface area (Å²) in [7, 11) is 0. The lowest BCUT2D eigenvalue weighted by Crippen LogP contribution is -1.97. The summed E-state index contributed by atoms with van der Waals surface area (Å²) in [6, 6.07) is 26.5. The highest BCUT2D eigenvalue weighted by Gasteiger charge is 2.07. The van der Waals surface area contributed by atoms with Gasteiger partial charge in [0, 0.05) is 58.7 Å². The number of H-pyrrole nitrogens is 2. The van der Waals surface area contributed by atoms with E-state index in [1.54, 1.807) is 12.4 Å². The van der Waals surface area contributed by atoms with E-state index in [2.05, 4.69) is 78.0 Å². The van der Waals surface area contributed by atoms with Gasteiger partial charge in [0.25, 0.3) is 0 Å². The van der Waals surface area contributed by atoms with Crippen molar-refractivity contribution in [1.29, 1.82) is 0 Å². The van der Waals surface area contributed by atoms with E-state index >= 15 is 0 Å². The number of aromatic amines is 2. The lowest BCUT2D eigenvalue weighted by molar-refractivity contribution is 0.301. The van der Waals surface area contributed by atoms with Crippen LogP contribution in [0.5, 0.6) is 11.5 Å². The third-order valence-electron chi connectivity index (χ3n) is 6.71. The highest BCUT2D eigenvalue weighted by molar-refractivity contribution is 5.82. The number of benzene rings is 2. The first-order valence-electron chi connectivity index (χ1n) is 13.7. The van der Waals surface area contributed by atoms with Crippen molar-refractivity contribution in [3.63, 3.8) is 0 Å². The molecule has 0 unspecified atom stereocenters. The fraction of sp³-hybridized carbons (Fsp3) is 0.235. The normalized spacial score (nSPS) is 11.2. The lowest BCUT2D eigenvalue weighted by atomic mass is 10.1. The summed E-state index contributed by atoms with van der Waals surface area (Å²) >= 11 is 0. The van der Waals surface area contributed by atoms with Gasteiger partial charge in [0.05, 0.1) is 5.69 Å². The minimum absolute atomic E-state index is 0.490. The molecule has 40 heavy (non-hydrogen) atoms. The zero-order valence-electron chi connectivity index (χ0n) is 23.5. The Bertz CT molecular complexity index is 1530. The fourth-order valence-electron chi connectivity index (χ4n) is 4.35. The lowest BCUT2D eigenvalue weighted by Gasteiger charge is -2.05. The molecular formula is C34H36N4O2. The van der Waals surface area contributed by atoms with Gasteiger partial charge in [0.15, 0.2) is 0 Å². The molecule has 2 aromatic carbocycles. The van der Waals surface area contributed by atoms with Gasteiger partial charge < -0.3 is 19.4 Å². The van der Waals surface area contributed by atoms with Gasteiger partial charge in [-0.2, -0.15) is 0 Å². The summed E-state index contributed by atoms with van der Waals surface area (Å²) in [5, 5.41) is 2.45. The molecule has 6 rings (SSSR count). The molecule has 0 spiro atoms. The van der Waals surface area contributed by atoms with Crippen molar-refractivity contribution in [3.8, 4) is 11.5 Å². The van der Waals surface area contributed by atoms with Crippen LogP contribution in [0.2, 0.25) is 0 Å². The molecule has 6 aromatic rings. The summed E-state index contributed by atoms with van der Waals surface area (Å²) in [5.41, 5.74) is 6.75. The van der Waals surface area contributed by atoms with Gasteiger partial charge in [0.2, 0.25) is 0 Å². The van der Waals surface area contributed by atoms with Crippen LogP contribution in [0.15, 0.2) is 97.5 Å². The summed E-state index contributed by atoms with van der Waals surface area (Å²) < 4.78 is 11.6. The molecule has 0 bridgehead atoms. The number of ether oxygens (including phenoxy) is 2. The number of hydrogen-bond acceptors (Lipinski definition) is 4. The van der Waals surface area contributed by atoms with Crippen LogP contribution in [0, 0.1) is 0 Å². The Balaban J connectivity index is 0.000000161. The van der Waals surface area contributed by atoms with Gasteiger partial charge in [-0.1, -0.05) is 39.8 Å². The number of pyridine rings is 2. The van der Waals surface area contributed by atoms with Crippen LogP contribution in [-0.4, -0.2) is 19.9 Å². The molecular weight excluding hydrogens is 496 g/mol. The standard InChI is InChI=1S/2C17H18N2O/c1-12(2)16-8-14-5-6-15(9-17(14)19-16)20-11-13-4-3-7-18-10-13;1-12(2)16-9-13-6-7-15(10-17(13)19-16)20-11-14-5-3-4-8-18-14/h2*3-10,12,19H,11H2,1-2H3. The molecule has 204 valence electrons. The van der Waals surface area contributed by atoms with E-state index in [0.29, 0.717) is 25.0 Å². The highest BCUT2D eigenvalue weighted by Crippen LogP contribution is 2.26. The van der Waals surface area contributed by atoms with Crippen LogP contribution in [0.25, 0.3) is 21.8 Å². The largest absolute Gasteiger partial charge is 0.489 e. The van der Waals surface area contributed by atoms with Gasteiger partial charge >= 0.3 is 0 Å². The molecule has 0 amide bonds. The number of nitrogens with zero attached hydrogens (tertiary/aromatic N) is 2. The van der Waals surface area contributed by atoms with Crippen LogP contribution in [0.3, 0.4) is 0 Å². The van der Waals surface area contributed by atoms with E-state index in [1.807, 2.05) is 54.7 Å². The van der Waals surface area contributed by atoms with Crippen LogP contribution in [0.4, 0.5) is 0 Å². The minimum Gasteiger partial charge on any atom is -0.489 e. The maximum Gasteiger partial charge on any atom is 0.130 e. The van der Waals surface area contributed by atoms with Crippen molar-refractivity contribution in [3.05, 3.63) is 120 Å². The molecule has 6 nitrogen and oxygen atoms in total. The number of fused-ring (bicyclic) bond motifs is 2. The monoisotopic (exact) mass is 532 g/mol. The Morgan fingerprint density at radius 2 is 1.27 bits per heavy atom. The molecule has 0 saturated carbocycles. The summed E-state index contributed by atoms with van der Waals surface area (Å²) in [5.74, 6) is 2.74. The number of hydrogen-bond donors (Lipinski definition) is 2. The first kappa shape index (κ1) is 27.0. The SMILES string of the molecule is CC(C)c1cc2ccc(OCc3ccccn3)cc2[nH]1.CC(C)c1cc2ccc(OCc3cccnc3)cc2[nH]1. The molecule has 6 heteroatoms. The summed E-state index contributed by atoms with van der Waals surface area (Å²) in [4.78, 5) is 15.2. The average molecular weight is 533 g/mol. The summed E-state index contributed by atoms with van der Waals surface area (Å²) in [6.45, 7) is 9.77. The molecule has 0 aliphatic carbocycles. The predicted octanol–water partition coefficient (Wildman–Crippen LogP) is 8.53. The van der Waals surface area contributed by atoms with Crippen LogP contribution in [0.1, 0.15) is 62.2 Å². The van der Waals surface area contributed by atoms with Crippen molar-refractivity contribution < 1.29 is 9.47 Å². The number of aromatic nitrogens is 4. The summed E-state index contributed by atoms with van der Waals surface area (Å²) in [6.07, 6.45) is 5.37. The molecule has 4 heterocycles. The van der Waals surface area contributed by atoms with Gasteiger partial charge in [0.1, 0.15) is 24.7 Å². The Morgan fingerprint density at radius 3 is 1.80 bits per heavy atom. The maximum absolute atomic E-state index is 5.81. The molecule has 0 radical (unpaired) electrons. The highest BCUT2D eigenvalue weighted by atomic mass is 16.5. The van der Waals surface area contributed by atoms with Crippen molar-refractivity contribution >= 4 is 21.8 Å². The second-order valence-corrected chi connectivity index (χ2v) is 10.5. The second kappa shape index (κ2) is 12.5. The molecule has 4 aromatic heterocycles. The van der Waals surface area contributed by atoms with Crippen LogP contribution < -0.4 is 9.47 Å². The first-order chi connectivity index (χ1) is 19.4. The number of nitrogens with one attached hydrogen (secondary N) is 2. The zero-order chi connectivity index (χ0) is 27.9. The molecule has 0 aliphatic rings. The van der Waals surface area contributed by atoms with E-state index in [-0.39, 0.29) is 0 Å². The average Bonchev–Trinajstić information content (AvgIpc) is 3.61. The van der Waals surface area contributed by atoms with Crippen LogP contribution in [-0.2, 0) is 13.2 Å². The zero-order valence-corrected chi connectivity index (χ0v) is 23.5. The third kappa shape index (κ3) is 6.89. The van der Waals surface area contributed by atoms with Crippen molar-refractivity contribution in [2.75, 3.05) is 0 Å².